The molecule has 0 fully saturated rings. The fourth-order valence-corrected chi connectivity index (χ4v) is 3.86. The van der Waals surface area contributed by atoms with Crippen molar-refractivity contribution in [2.24, 2.45) is 5.92 Å². The molecule has 120 valence electrons. The number of hydrogen-bond acceptors (Lipinski definition) is 4. The molecular formula is C16H27NO3S. The molecule has 2 unspecified atom stereocenters. The minimum absolute atomic E-state index is 0.0221. The average Bonchev–Trinajstić information content (AvgIpc) is 2.50. The second kappa shape index (κ2) is 8.39. The van der Waals surface area contributed by atoms with Crippen molar-refractivity contribution in [3.8, 4) is 5.75 Å². The monoisotopic (exact) mass is 313 g/mol. The third-order valence-corrected chi connectivity index (χ3v) is 5.56. The van der Waals surface area contributed by atoms with Crippen molar-refractivity contribution in [2.45, 2.75) is 44.6 Å². The van der Waals surface area contributed by atoms with Gasteiger partial charge in [-0.25, -0.2) is 8.42 Å². The van der Waals surface area contributed by atoms with Crippen LogP contribution in [0, 0.1) is 5.92 Å². The molecule has 5 heteroatoms. The zero-order valence-electron chi connectivity index (χ0n) is 13.4. The molecule has 0 saturated heterocycles. The first-order chi connectivity index (χ1) is 9.94. The average molecular weight is 313 g/mol. The Morgan fingerprint density at radius 3 is 2.57 bits per heavy atom. The number of rotatable bonds is 9. The van der Waals surface area contributed by atoms with Crippen LogP contribution in [0.15, 0.2) is 29.2 Å². The van der Waals surface area contributed by atoms with Crippen molar-refractivity contribution in [2.75, 3.05) is 19.4 Å². The SMILES string of the molecule is CCCNC(CS(=O)(=O)c1cccc(OC)c1)C(C)CC. The Hall–Kier alpha value is -1.07. The number of benzene rings is 1. The van der Waals surface area contributed by atoms with E-state index in [0.29, 0.717) is 16.6 Å². The van der Waals surface area contributed by atoms with Crippen LogP contribution in [-0.2, 0) is 9.84 Å². The van der Waals surface area contributed by atoms with Crippen molar-refractivity contribution in [1.29, 1.82) is 0 Å². The summed E-state index contributed by atoms with van der Waals surface area (Å²) in [6.07, 6.45) is 1.95. The summed E-state index contributed by atoms with van der Waals surface area (Å²) >= 11 is 0. The highest BCUT2D eigenvalue weighted by atomic mass is 32.2. The fourth-order valence-electron chi connectivity index (χ4n) is 2.17. The topological polar surface area (TPSA) is 55.4 Å². The molecule has 1 N–H and O–H groups in total. The zero-order valence-corrected chi connectivity index (χ0v) is 14.2. The van der Waals surface area contributed by atoms with Crippen LogP contribution in [0.2, 0.25) is 0 Å². The van der Waals surface area contributed by atoms with Gasteiger partial charge in [-0.3, -0.25) is 0 Å². The second-order valence-electron chi connectivity index (χ2n) is 5.41. The maximum atomic E-state index is 12.6. The molecule has 4 nitrogen and oxygen atoms in total. The van der Waals surface area contributed by atoms with Crippen LogP contribution in [0.25, 0.3) is 0 Å². The van der Waals surface area contributed by atoms with Crippen LogP contribution >= 0.6 is 0 Å². The van der Waals surface area contributed by atoms with Gasteiger partial charge in [0.2, 0.25) is 0 Å². The highest BCUT2D eigenvalue weighted by molar-refractivity contribution is 7.91. The molecule has 0 aromatic heterocycles. The molecule has 0 amide bonds. The number of methoxy groups -OCH3 is 1. The molecule has 21 heavy (non-hydrogen) atoms. The van der Waals surface area contributed by atoms with E-state index in [1.807, 2.05) is 0 Å². The predicted molar refractivity (Wildman–Crippen MR) is 86.6 cm³/mol. The summed E-state index contributed by atoms with van der Waals surface area (Å²) in [6, 6.07) is 6.66. The van der Waals surface area contributed by atoms with E-state index in [9.17, 15) is 8.42 Å². The smallest absolute Gasteiger partial charge is 0.180 e. The second-order valence-corrected chi connectivity index (χ2v) is 7.44. The van der Waals surface area contributed by atoms with Crippen LogP contribution < -0.4 is 10.1 Å². The molecule has 0 spiro atoms. The van der Waals surface area contributed by atoms with E-state index in [0.717, 1.165) is 19.4 Å². The molecule has 0 radical (unpaired) electrons. The Morgan fingerprint density at radius 1 is 1.29 bits per heavy atom. The molecular weight excluding hydrogens is 286 g/mol. The summed E-state index contributed by atoms with van der Waals surface area (Å²) < 4.78 is 30.3. The van der Waals surface area contributed by atoms with E-state index in [2.05, 4.69) is 26.1 Å². The molecule has 0 saturated carbocycles. The van der Waals surface area contributed by atoms with Crippen molar-refractivity contribution < 1.29 is 13.2 Å². The van der Waals surface area contributed by atoms with Gasteiger partial charge >= 0.3 is 0 Å². The van der Waals surface area contributed by atoms with Crippen LogP contribution in [0.1, 0.15) is 33.6 Å². The van der Waals surface area contributed by atoms with Crippen LogP contribution in [0.3, 0.4) is 0 Å². The van der Waals surface area contributed by atoms with Crippen molar-refractivity contribution >= 4 is 9.84 Å². The number of ether oxygens (including phenoxy) is 1. The Kier molecular flexibility index (Phi) is 7.18. The highest BCUT2D eigenvalue weighted by Gasteiger charge is 2.24. The first-order valence-electron chi connectivity index (χ1n) is 7.54. The van der Waals surface area contributed by atoms with Gasteiger partial charge in [0.15, 0.2) is 9.84 Å². The normalized spacial score (nSPS) is 14.7. The van der Waals surface area contributed by atoms with Gasteiger partial charge < -0.3 is 10.1 Å². The quantitative estimate of drug-likeness (QED) is 0.761. The third-order valence-electron chi connectivity index (χ3n) is 3.79. The van der Waals surface area contributed by atoms with Crippen LogP contribution in [-0.4, -0.2) is 33.9 Å². The Morgan fingerprint density at radius 2 is 2.00 bits per heavy atom. The number of nitrogens with one attached hydrogen (secondary N) is 1. The van der Waals surface area contributed by atoms with Gasteiger partial charge in [-0.05, 0) is 37.1 Å². The van der Waals surface area contributed by atoms with Crippen molar-refractivity contribution in [3.05, 3.63) is 24.3 Å². The maximum Gasteiger partial charge on any atom is 0.180 e. The Bertz CT molecular complexity index is 528. The summed E-state index contributed by atoms with van der Waals surface area (Å²) in [4.78, 5) is 0.327. The molecule has 0 heterocycles. The van der Waals surface area contributed by atoms with Gasteiger partial charge in [0.05, 0.1) is 17.8 Å². The third kappa shape index (κ3) is 5.32. The van der Waals surface area contributed by atoms with Gasteiger partial charge in [0.25, 0.3) is 0 Å². The lowest BCUT2D eigenvalue weighted by molar-refractivity contribution is 0.391. The summed E-state index contributed by atoms with van der Waals surface area (Å²) in [6.45, 7) is 7.09. The summed E-state index contributed by atoms with van der Waals surface area (Å²) in [5, 5.41) is 3.36. The van der Waals surface area contributed by atoms with Crippen LogP contribution in [0.4, 0.5) is 0 Å². The minimum Gasteiger partial charge on any atom is -0.497 e. The Labute approximate surface area is 128 Å². The Balaban J connectivity index is 2.93. The minimum atomic E-state index is -3.32. The molecule has 0 aliphatic heterocycles. The lowest BCUT2D eigenvalue weighted by atomic mass is 10.0. The van der Waals surface area contributed by atoms with Gasteiger partial charge in [-0.1, -0.05) is 33.3 Å². The van der Waals surface area contributed by atoms with E-state index in [1.54, 1.807) is 24.3 Å². The maximum absolute atomic E-state index is 12.6. The largest absolute Gasteiger partial charge is 0.497 e. The molecule has 2 atom stereocenters. The predicted octanol–water partition coefficient (Wildman–Crippen LogP) is 2.88. The lowest BCUT2D eigenvalue weighted by Crippen LogP contribution is -2.41. The van der Waals surface area contributed by atoms with E-state index < -0.39 is 9.84 Å². The van der Waals surface area contributed by atoms with Crippen molar-refractivity contribution in [3.63, 3.8) is 0 Å². The molecule has 1 aromatic carbocycles. The first-order valence-corrected chi connectivity index (χ1v) is 9.20. The highest BCUT2D eigenvalue weighted by Crippen LogP contribution is 2.20. The van der Waals surface area contributed by atoms with E-state index in [-0.39, 0.29) is 11.8 Å². The molecule has 1 rings (SSSR count). The van der Waals surface area contributed by atoms with Gasteiger partial charge in [-0.2, -0.15) is 0 Å². The number of sulfone groups is 1. The summed E-state index contributed by atoms with van der Waals surface area (Å²) in [5.41, 5.74) is 0. The van der Waals surface area contributed by atoms with Gasteiger partial charge in [0, 0.05) is 6.04 Å². The lowest BCUT2D eigenvalue weighted by Gasteiger charge is -2.24. The van der Waals surface area contributed by atoms with Crippen molar-refractivity contribution in [1.82, 2.24) is 5.32 Å². The summed E-state index contributed by atoms with van der Waals surface area (Å²) in [5.74, 6) is 1.00. The standard InChI is InChI=1S/C16H27NO3S/c1-5-10-17-16(13(3)6-2)12-21(18,19)15-9-7-8-14(11-15)20-4/h7-9,11,13,16-17H,5-6,10,12H2,1-4H3. The first kappa shape index (κ1) is 18.0. The van der Waals surface area contributed by atoms with Crippen LogP contribution in [0.5, 0.6) is 5.75 Å². The molecule has 0 aliphatic carbocycles. The number of hydrogen-bond donors (Lipinski definition) is 1. The van der Waals surface area contributed by atoms with E-state index >= 15 is 0 Å². The van der Waals surface area contributed by atoms with Gasteiger partial charge in [0.1, 0.15) is 5.75 Å². The summed E-state index contributed by atoms with van der Waals surface area (Å²) in [7, 11) is -1.78. The zero-order chi connectivity index (χ0) is 15.9. The molecule has 0 bridgehead atoms. The van der Waals surface area contributed by atoms with E-state index in [1.165, 1.54) is 7.11 Å². The molecule has 0 aliphatic rings. The fraction of sp³-hybridized carbons (Fsp3) is 0.625. The molecule has 1 aromatic rings. The van der Waals surface area contributed by atoms with Gasteiger partial charge in [-0.15, -0.1) is 0 Å². The van der Waals surface area contributed by atoms with E-state index in [4.69, 9.17) is 4.74 Å².